The molecule has 0 spiro atoms. The fourth-order valence-corrected chi connectivity index (χ4v) is 3.08. The maximum absolute atomic E-state index is 12.5. The van der Waals surface area contributed by atoms with E-state index in [2.05, 4.69) is 10.6 Å². The smallest absolute Gasteiger partial charge is 0.255 e. The fourth-order valence-electron chi connectivity index (χ4n) is 3.08. The number of hydrogen-bond donors (Lipinski definition) is 2. The lowest BCUT2D eigenvalue weighted by molar-refractivity contribution is 0.102. The highest BCUT2D eigenvalue weighted by Gasteiger charge is 2.09. The van der Waals surface area contributed by atoms with E-state index in [0.717, 1.165) is 11.3 Å². The Balaban J connectivity index is 1.31. The Bertz CT molecular complexity index is 1170. The van der Waals surface area contributed by atoms with E-state index in [-0.39, 0.29) is 11.8 Å². The maximum atomic E-state index is 12.5. The number of rotatable bonds is 7. The summed E-state index contributed by atoms with van der Waals surface area (Å²) in [7, 11) is 0. The minimum atomic E-state index is -0.233. The molecule has 4 rings (SSSR count). The van der Waals surface area contributed by atoms with Crippen molar-refractivity contribution in [2.24, 2.45) is 0 Å². The van der Waals surface area contributed by atoms with Crippen molar-refractivity contribution in [3.8, 4) is 5.75 Å². The van der Waals surface area contributed by atoms with Crippen molar-refractivity contribution >= 4 is 23.2 Å². The highest BCUT2D eigenvalue weighted by Crippen LogP contribution is 2.18. The van der Waals surface area contributed by atoms with E-state index < -0.39 is 0 Å². The van der Waals surface area contributed by atoms with Crippen LogP contribution < -0.4 is 15.4 Å². The third kappa shape index (κ3) is 5.61. The van der Waals surface area contributed by atoms with Gasteiger partial charge >= 0.3 is 0 Å². The van der Waals surface area contributed by atoms with Crippen LogP contribution in [0.3, 0.4) is 0 Å². The highest BCUT2D eigenvalue weighted by atomic mass is 16.5. The number of carbonyl (C=O) groups is 2. The predicted octanol–water partition coefficient (Wildman–Crippen LogP) is 5.77. The molecule has 4 aromatic carbocycles. The zero-order chi connectivity index (χ0) is 22.2. The SMILES string of the molecule is O=C(Nc1ccc(C(=O)Nc2ccc(OCc3ccccc3)cc2)cc1)c1ccccc1. The Morgan fingerprint density at radius 3 is 1.59 bits per heavy atom. The normalized spacial score (nSPS) is 10.2. The molecule has 0 aromatic heterocycles. The summed E-state index contributed by atoms with van der Waals surface area (Å²) in [5, 5.41) is 5.68. The predicted molar refractivity (Wildman–Crippen MR) is 126 cm³/mol. The first kappa shape index (κ1) is 20.9. The molecule has 0 aliphatic heterocycles. The molecule has 2 N–H and O–H groups in total. The largest absolute Gasteiger partial charge is 0.489 e. The van der Waals surface area contributed by atoms with Gasteiger partial charge in [0.15, 0.2) is 0 Å². The van der Waals surface area contributed by atoms with Crippen molar-refractivity contribution in [2.45, 2.75) is 6.61 Å². The Labute approximate surface area is 186 Å². The summed E-state index contributed by atoms with van der Waals surface area (Å²) in [6.45, 7) is 0.486. The van der Waals surface area contributed by atoms with Crippen LogP contribution in [0.15, 0.2) is 109 Å². The number of anilines is 2. The molecule has 0 aliphatic carbocycles. The Hall–Kier alpha value is -4.38. The van der Waals surface area contributed by atoms with Crippen LogP contribution in [0.2, 0.25) is 0 Å². The second kappa shape index (κ2) is 10.1. The van der Waals surface area contributed by atoms with Gasteiger partial charge in [-0.2, -0.15) is 0 Å². The van der Waals surface area contributed by atoms with Gasteiger partial charge in [-0.1, -0.05) is 48.5 Å². The van der Waals surface area contributed by atoms with Crippen LogP contribution in [0.5, 0.6) is 5.75 Å². The molecule has 0 bridgehead atoms. The fraction of sp³-hybridized carbons (Fsp3) is 0.0370. The molecule has 2 amide bonds. The van der Waals surface area contributed by atoms with E-state index >= 15 is 0 Å². The Morgan fingerprint density at radius 2 is 1.03 bits per heavy atom. The zero-order valence-electron chi connectivity index (χ0n) is 17.3. The average molecular weight is 422 g/mol. The Kier molecular flexibility index (Phi) is 6.58. The van der Waals surface area contributed by atoms with E-state index in [0.29, 0.717) is 29.1 Å². The number of nitrogens with one attached hydrogen (secondary N) is 2. The van der Waals surface area contributed by atoms with Crippen molar-refractivity contribution in [3.63, 3.8) is 0 Å². The Morgan fingerprint density at radius 1 is 0.562 bits per heavy atom. The molecular formula is C27H22N2O3. The second-order valence-electron chi connectivity index (χ2n) is 7.15. The molecule has 0 saturated heterocycles. The average Bonchev–Trinajstić information content (AvgIpc) is 2.85. The van der Waals surface area contributed by atoms with E-state index in [1.807, 2.05) is 60.7 Å². The molecular weight excluding hydrogens is 400 g/mol. The van der Waals surface area contributed by atoms with Gasteiger partial charge in [-0.15, -0.1) is 0 Å². The summed E-state index contributed by atoms with van der Waals surface area (Å²) in [5.41, 5.74) is 3.45. The van der Waals surface area contributed by atoms with Gasteiger partial charge in [0.25, 0.3) is 11.8 Å². The number of benzene rings is 4. The van der Waals surface area contributed by atoms with Gasteiger partial charge in [0, 0.05) is 22.5 Å². The van der Waals surface area contributed by atoms with Crippen molar-refractivity contribution in [3.05, 3.63) is 126 Å². The van der Waals surface area contributed by atoms with Gasteiger partial charge in [0.05, 0.1) is 0 Å². The summed E-state index contributed by atoms with van der Waals surface area (Å²) >= 11 is 0. The molecule has 0 fully saturated rings. The minimum Gasteiger partial charge on any atom is -0.489 e. The molecule has 4 aromatic rings. The summed E-state index contributed by atoms with van der Waals surface area (Å²) in [6, 6.07) is 32.9. The summed E-state index contributed by atoms with van der Waals surface area (Å²) < 4.78 is 5.77. The molecule has 32 heavy (non-hydrogen) atoms. The third-order valence-electron chi connectivity index (χ3n) is 4.80. The molecule has 0 atom stereocenters. The van der Waals surface area contributed by atoms with Crippen LogP contribution in [0.1, 0.15) is 26.3 Å². The molecule has 5 heteroatoms. The standard InChI is InChI=1S/C27H22N2O3/c30-26(21-9-5-2-6-10-21)28-23-13-11-22(12-14-23)27(31)29-24-15-17-25(18-16-24)32-19-20-7-3-1-4-8-20/h1-18H,19H2,(H,28,30)(H,29,31). The number of hydrogen-bond acceptors (Lipinski definition) is 3. The van der Waals surface area contributed by atoms with E-state index in [9.17, 15) is 9.59 Å². The van der Waals surface area contributed by atoms with Crippen molar-refractivity contribution in [2.75, 3.05) is 10.6 Å². The minimum absolute atomic E-state index is 0.197. The number of ether oxygens (including phenoxy) is 1. The first-order valence-corrected chi connectivity index (χ1v) is 10.2. The lowest BCUT2D eigenvalue weighted by Gasteiger charge is -2.09. The molecule has 0 saturated carbocycles. The van der Waals surface area contributed by atoms with Crippen LogP contribution >= 0.6 is 0 Å². The van der Waals surface area contributed by atoms with Crippen molar-refractivity contribution in [1.29, 1.82) is 0 Å². The van der Waals surface area contributed by atoms with Crippen LogP contribution in [-0.4, -0.2) is 11.8 Å². The van der Waals surface area contributed by atoms with Gasteiger partial charge in [-0.25, -0.2) is 0 Å². The monoisotopic (exact) mass is 422 g/mol. The van der Waals surface area contributed by atoms with Gasteiger partial charge in [-0.3, -0.25) is 9.59 Å². The first-order valence-electron chi connectivity index (χ1n) is 10.2. The van der Waals surface area contributed by atoms with E-state index in [1.54, 1.807) is 48.5 Å². The van der Waals surface area contributed by atoms with Gasteiger partial charge in [0.1, 0.15) is 12.4 Å². The highest BCUT2D eigenvalue weighted by molar-refractivity contribution is 6.06. The first-order chi connectivity index (χ1) is 15.7. The van der Waals surface area contributed by atoms with Crippen molar-refractivity contribution < 1.29 is 14.3 Å². The van der Waals surface area contributed by atoms with E-state index in [4.69, 9.17) is 4.74 Å². The van der Waals surface area contributed by atoms with Crippen LogP contribution in [-0.2, 0) is 6.61 Å². The van der Waals surface area contributed by atoms with Gasteiger partial charge in [-0.05, 0) is 66.2 Å². The topological polar surface area (TPSA) is 67.4 Å². The summed E-state index contributed by atoms with van der Waals surface area (Å²) in [6.07, 6.45) is 0. The summed E-state index contributed by atoms with van der Waals surface area (Å²) in [4.78, 5) is 24.8. The van der Waals surface area contributed by atoms with Crippen LogP contribution in [0.25, 0.3) is 0 Å². The van der Waals surface area contributed by atoms with Crippen LogP contribution in [0.4, 0.5) is 11.4 Å². The van der Waals surface area contributed by atoms with Crippen LogP contribution in [0, 0.1) is 0 Å². The van der Waals surface area contributed by atoms with Gasteiger partial charge in [0.2, 0.25) is 0 Å². The lowest BCUT2D eigenvalue weighted by atomic mass is 10.1. The molecule has 0 unspecified atom stereocenters. The van der Waals surface area contributed by atoms with E-state index in [1.165, 1.54) is 0 Å². The molecule has 0 radical (unpaired) electrons. The van der Waals surface area contributed by atoms with Gasteiger partial charge < -0.3 is 15.4 Å². The summed E-state index contributed by atoms with van der Waals surface area (Å²) in [5.74, 6) is 0.298. The quantitative estimate of drug-likeness (QED) is 0.397. The second-order valence-corrected chi connectivity index (χ2v) is 7.15. The molecule has 5 nitrogen and oxygen atoms in total. The number of amides is 2. The van der Waals surface area contributed by atoms with Crippen molar-refractivity contribution in [1.82, 2.24) is 0 Å². The zero-order valence-corrected chi connectivity index (χ0v) is 17.3. The molecule has 0 aliphatic rings. The number of carbonyl (C=O) groups excluding carboxylic acids is 2. The molecule has 158 valence electrons. The maximum Gasteiger partial charge on any atom is 0.255 e. The molecule has 0 heterocycles. The third-order valence-corrected chi connectivity index (χ3v) is 4.80. The lowest BCUT2D eigenvalue weighted by Crippen LogP contribution is -2.13.